The van der Waals surface area contributed by atoms with E-state index < -0.39 is 0 Å². The highest BCUT2D eigenvalue weighted by molar-refractivity contribution is 6.33. The van der Waals surface area contributed by atoms with Gasteiger partial charge in [0.1, 0.15) is 0 Å². The summed E-state index contributed by atoms with van der Waals surface area (Å²) >= 11 is 6.27. The number of hydrogen-bond acceptors (Lipinski definition) is 2. The van der Waals surface area contributed by atoms with Crippen LogP contribution < -0.4 is 10.6 Å². The van der Waals surface area contributed by atoms with E-state index >= 15 is 0 Å². The number of benzene rings is 1. The monoisotopic (exact) mass is 224 g/mol. The van der Waals surface area contributed by atoms with E-state index in [1.807, 2.05) is 12.1 Å². The zero-order valence-electron chi connectivity index (χ0n) is 9.09. The van der Waals surface area contributed by atoms with Crippen molar-refractivity contribution in [3.05, 3.63) is 22.7 Å². The molecule has 1 aliphatic heterocycles. The smallest absolute Gasteiger partial charge is 0.0662 e. The van der Waals surface area contributed by atoms with Crippen molar-refractivity contribution in [1.82, 2.24) is 0 Å². The van der Waals surface area contributed by atoms with Crippen LogP contribution in [-0.4, -0.2) is 13.1 Å². The van der Waals surface area contributed by atoms with E-state index in [9.17, 15) is 0 Å². The fourth-order valence-corrected chi connectivity index (χ4v) is 2.61. The summed E-state index contributed by atoms with van der Waals surface area (Å²) in [7, 11) is 0. The van der Waals surface area contributed by atoms with Crippen molar-refractivity contribution in [3.63, 3.8) is 0 Å². The molecule has 0 bridgehead atoms. The number of nitrogens with two attached hydrogens (primary N) is 1. The van der Waals surface area contributed by atoms with Gasteiger partial charge in [0.25, 0.3) is 0 Å². The van der Waals surface area contributed by atoms with Crippen LogP contribution in [-0.2, 0) is 6.42 Å². The van der Waals surface area contributed by atoms with Crippen LogP contribution in [0.1, 0.15) is 25.3 Å². The molecule has 82 valence electrons. The van der Waals surface area contributed by atoms with Crippen molar-refractivity contribution in [3.8, 4) is 0 Å². The van der Waals surface area contributed by atoms with E-state index in [2.05, 4.69) is 11.8 Å². The number of halogens is 1. The van der Waals surface area contributed by atoms with Crippen molar-refractivity contribution in [2.75, 3.05) is 23.7 Å². The maximum absolute atomic E-state index is 6.27. The molecule has 0 aliphatic carbocycles. The van der Waals surface area contributed by atoms with Gasteiger partial charge in [-0.05, 0) is 37.0 Å². The summed E-state index contributed by atoms with van der Waals surface area (Å²) in [6, 6.07) is 3.90. The van der Waals surface area contributed by atoms with E-state index in [0.717, 1.165) is 30.2 Å². The highest BCUT2D eigenvalue weighted by Crippen LogP contribution is 2.34. The van der Waals surface area contributed by atoms with Gasteiger partial charge in [-0.1, -0.05) is 18.5 Å². The maximum Gasteiger partial charge on any atom is 0.0662 e. The minimum absolute atomic E-state index is 0.764. The predicted octanol–water partition coefficient (Wildman–Crippen LogP) is 3.08. The third-order valence-electron chi connectivity index (χ3n) is 2.97. The predicted molar refractivity (Wildman–Crippen MR) is 66.7 cm³/mol. The molecule has 0 amide bonds. The molecule has 2 N–H and O–H groups in total. The molecule has 1 aliphatic rings. The third kappa shape index (κ3) is 2.05. The Morgan fingerprint density at radius 1 is 1.33 bits per heavy atom. The van der Waals surface area contributed by atoms with Gasteiger partial charge in [-0.25, -0.2) is 0 Å². The first-order valence-electron chi connectivity index (χ1n) is 5.55. The average molecular weight is 225 g/mol. The molecule has 0 atom stereocenters. The summed E-state index contributed by atoms with van der Waals surface area (Å²) in [4.78, 5) is 2.38. The van der Waals surface area contributed by atoms with Gasteiger partial charge in [0, 0.05) is 18.8 Å². The van der Waals surface area contributed by atoms with Gasteiger partial charge in [-0.3, -0.25) is 0 Å². The Bertz CT molecular complexity index is 357. The number of hydrogen-bond donors (Lipinski definition) is 1. The molecule has 2 nitrogen and oxygen atoms in total. The summed E-state index contributed by atoms with van der Waals surface area (Å²) in [5.74, 6) is 0. The molecule has 1 aromatic rings. The number of rotatable bonds is 2. The van der Waals surface area contributed by atoms with Crippen molar-refractivity contribution in [1.29, 1.82) is 0 Å². The van der Waals surface area contributed by atoms with Gasteiger partial charge in [-0.2, -0.15) is 0 Å². The van der Waals surface area contributed by atoms with Crippen LogP contribution in [0.25, 0.3) is 0 Å². The normalized spacial score (nSPS) is 16.0. The first-order chi connectivity index (χ1) is 7.22. The van der Waals surface area contributed by atoms with Crippen LogP contribution >= 0.6 is 11.6 Å². The summed E-state index contributed by atoms with van der Waals surface area (Å²) in [5, 5.41) is 0.800. The minimum atomic E-state index is 0.764. The fourth-order valence-electron chi connectivity index (χ4n) is 2.24. The molecule has 3 heteroatoms. The van der Waals surface area contributed by atoms with Crippen molar-refractivity contribution < 1.29 is 0 Å². The molecule has 0 spiro atoms. The highest BCUT2D eigenvalue weighted by atomic mass is 35.5. The van der Waals surface area contributed by atoms with Gasteiger partial charge in [0.2, 0.25) is 0 Å². The quantitative estimate of drug-likeness (QED) is 0.783. The van der Waals surface area contributed by atoms with E-state index in [-0.39, 0.29) is 0 Å². The second-order valence-corrected chi connectivity index (χ2v) is 4.47. The van der Waals surface area contributed by atoms with E-state index in [4.69, 9.17) is 17.3 Å². The van der Waals surface area contributed by atoms with E-state index in [0.29, 0.717) is 0 Å². The van der Waals surface area contributed by atoms with Crippen LogP contribution in [0.5, 0.6) is 0 Å². The zero-order valence-corrected chi connectivity index (χ0v) is 9.85. The lowest BCUT2D eigenvalue weighted by Crippen LogP contribution is -2.19. The lowest BCUT2D eigenvalue weighted by molar-refractivity contribution is 0.949. The Morgan fingerprint density at radius 3 is 2.60 bits per heavy atom. The van der Waals surface area contributed by atoms with Gasteiger partial charge < -0.3 is 10.6 Å². The molecule has 0 saturated carbocycles. The molecule has 1 aromatic carbocycles. The third-order valence-corrected chi connectivity index (χ3v) is 3.26. The Kier molecular flexibility index (Phi) is 3.06. The summed E-state index contributed by atoms with van der Waals surface area (Å²) in [6.07, 6.45) is 3.52. The zero-order chi connectivity index (χ0) is 10.8. The molecule has 0 radical (unpaired) electrons. The van der Waals surface area contributed by atoms with E-state index in [1.165, 1.54) is 24.1 Å². The number of anilines is 2. The Hall–Kier alpha value is -0.890. The number of nitrogen functional groups attached to an aromatic ring is 1. The van der Waals surface area contributed by atoms with Crippen LogP contribution in [0.4, 0.5) is 11.4 Å². The lowest BCUT2D eigenvalue weighted by Gasteiger charge is -2.22. The Balaban J connectivity index is 2.43. The van der Waals surface area contributed by atoms with E-state index in [1.54, 1.807) is 0 Å². The molecular weight excluding hydrogens is 208 g/mol. The number of nitrogens with zero attached hydrogens (tertiary/aromatic N) is 1. The van der Waals surface area contributed by atoms with Gasteiger partial charge in [0.15, 0.2) is 0 Å². The average Bonchev–Trinajstić information content (AvgIpc) is 2.69. The molecule has 0 aromatic heterocycles. The molecule has 1 saturated heterocycles. The second kappa shape index (κ2) is 4.31. The maximum atomic E-state index is 6.27. The Morgan fingerprint density at radius 2 is 2.00 bits per heavy atom. The van der Waals surface area contributed by atoms with Crippen LogP contribution in [0.15, 0.2) is 12.1 Å². The van der Waals surface area contributed by atoms with Crippen LogP contribution in [0.3, 0.4) is 0 Å². The second-order valence-electron chi connectivity index (χ2n) is 4.06. The first-order valence-corrected chi connectivity index (χ1v) is 5.93. The number of aryl methyl sites for hydroxylation is 1. The molecule has 1 heterocycles. The highest BCUT2D eigenvalue weighted by Gasteiger charge is 2.18. The SMILES string of the molecule is CCc1cc(N)cc(Cl)c1N1CCCC1. The van der Waals surface area contributed by atoms with Crippen LogP contribution in [0.2, 0.25) is 5.02 Å². The summed E-state index contributed by atoms with van der Waals surface area (Å²) < 4.78 is 0. The molecule has 15 heavy (non-hydrogen) atoms. The first kappa shape index (κ1) is 10.6. The minimum Gasteiger partial charge on any atom is -0.399 e. The standard InChI is InChI=1S/C12H17ClN2/c1-2-9-7-10(14)8-11(13)12(9)15-5-3-4-6-15/h7-8H,2-6,14H2,1H3. The summed E-state index contributed by atoms with van der Waals surface area (Å²) in [5.41, 5.74) is 9.03. The van der Waals surface area contributed by atoms with Crippen LogP contribution in [0, 0.1) is 0 Å². The Labute approximate surface area is 96.0 Å². The summed E-state index contributed by atoms with van der Waals surface area (Å²) in [6.45, 7) is 4.39. The van der Waals surface area contributed by atoms with Crippen molar-refractivity contribution >= 4 is 23.0 Å². The van der Waals surface area contributed by atoms with Gasteiger partial charge in [0.05, 0.1) is 10.7 Å². The fraction of sp³-hybridized carbons (Fsp3) is 0.500. The van der Waals surface area contributed by atoms with Crippen molar-refractivity contribution in [2.24, 2.45) is 0 Å². The molecule has 0 unspecified atom stereocenters. The van der Waals surface area contributed by atoms with Gasteiger partial charge >= 0.3 is 0 Å². The molecular formula is C12H17ClN2. The molecule has 1 fully saturated rings. The van der Waals surface area contributed by atoms with Gasteiger partial charge in [-0.15, -0.1) is 0 Å². The topological polar surface area (TPSA) is 29.3 Å². The van der Waals surface area contributed by atoms with Crippen molar-refractivity contribution in [2.45, 2.75) is 26.2 Å². The largest absolute Gasteiger partial charge is 0.399 e. The lowest BCUT2D eigenvalue weighted by atomic mass is 10.1. The molecule has 2 rings (SSSR count).